The second-order valence-corrected chi connectivity index (χ2v) is 5.92. The van der Waals surface area contributed by atoms with Crippen molar-refractivity contribution in [1.82, 2.24) is 15.5 Å². The molecule has 3 amide bonds. The molecule has 0 radical (unpaired) electrons. The molecule has 7 heteroatoms. The lowest BCUT2D eigenvalue weighted by atomic mass is 9.96. The normalized spacial score (nSPS) is 23.7. The predicted octanol–water partition coefficient (Wildman–Crippen LogP) is 0.551. The van der Waals surface area contributed by atoms with Crippen LogP contribution in [-0.4, -0.2) is 53.6 Å². The zero-order chi connectivity index (χ0) is 15.2. The van der Waals surface area contributed by atoms with E-state index in [2.05, 4.69) is 10.6 Å². The summed E-state index contributed by atoms with van der Waals surface area (Å²) in [6, 6.07) is -0.282. The highest BCUT2D eigenvalue weighted by Gasteiger charge is 2.29. The van der Waals surface area contributed by atoms with Crippen LogP contribution in [0.4, 0.5) is 4.79 Å². The number of imide groups is 1. The Kier molecular flexibility index (Phi) is 5.55. The van der Waals surface area contributed by atoms with Crippen LogP contribution in [0.2, 0.25) is 0 Å². The van der Waals surface area contributed by atoms with Gasteiger partial charge in [-0.25, -0.2) is 4.79 Å². The summed E-state index contributed by atoms with van der Waals surface area (Å²) in [5, 5.41) is 14.0. The first-order valence-electron chi connectivity index (χ1n) is 7.60. The Labute approximate surface area is 124 Å². The number of carboxylic acids is 1. The van der Waals surface area contributed by atoms with Crippen molar-refractivity contribution in [3.63, 3.8) is 0 Å². The predicted molar refractivity (Wildman–Crippen MR) is 75.7 cm³/mol. The van der Waals surface area contributed by atoms with E-state index in [0.717, 1.165) is 25.7 Å². The van der Waals surface area contributed by atoms with Crippen LogP contribution in [-0.2, 0) is 9.59 Å². The maximum Gasteiger partial charge on any atom is 0.321 e. The van der Waals surface area contributed by atoms with Crippen molar-refractivity contribution in [3.8, 4) is 0 Å². The highest BCUT2D eigenvalue weighted by molar-refractivity contribution is 5.95. The Bertz CT molecular complexity index is 407. The van der Waals surface area contributed by atoms with Gasteiger partial charge in [0.2, 0.25) is 5.91 Å². The largest absolute Gasteiger partial charge is 0.481 e. The zero-order valence-corrected chi connectivity index (χ0v) is 12.1. The molecule has 1 saturated heterocycles. The van der Waals surface area contributed by atoms with Gasteiger partial charge in [0.1, 0.15) is 0 Å². The van der Waals surface area contributed by atoms with E-state index in [1.165, 1.54) is 6.42 Å². The number of hydrogen-bond acceptors (Lipinski definition) is 4. The Morgan fingerprint density at radius 3 is 2.43 bits per heavy atom. The molecule has 1 aliphatic carbocycles. The number of nitrogens with one attached hydrogen (secondary N) is 2. The number of urea groups is 1. The number of carbonyl (C=O) groups excluding carboxylic acids is 2. The van der Waals surface area contributed by atoms with Crippen LogP contribution in [0.1, 0.15) is 38.5 Å². The van der Waals surface area contributed by atoms with Crippen LogP contribution >= 0.6 is 0 Å². The molecule has 118 valence electrons. The number of rotatable bonds is 4. The van der Waals surface area contributed by atoms with E-state index in [1.54, 1.807) is 4.90 Å². The van der Waals surface area contributed by atoms with E-state index >= 15 is 0 Å². The van der Waals surface area contributed by atoms with Gasteiger partial charge in [-0.05, 0) is 25.8 Å². The number of amides is 3. The smallest absolute Gasteiger partial charge is 0.321 e. The summed E-state index contributed by atoms with van der Waals surface area (Å²) in [4.78, 5) is 36.1. The van der Waals surface area contributed by atoms with Crippen molar-refractivity contribution in [2.45, 2.75) is 44.6 Å². The molecule has 0 aromatic heterocycles. The van der Waals surface area contributed by atoms with E-state index in [4.69, 9.17) is 5.11 Å². The number of aliphatic carboxylic acids is 1. The van der Waals surface area contributed by atoms with Crippen molar-refractivity contribution < 1.29 is 19.5 Å². The summed E-state index contributed by atoms with van der Waals surface area (Å²) >= 11 is 0. The summed E-state index contributed by atoms with van der Waals surface area (Å²) in [5.41, 5.74) is 0. The van der Waals surface area contributed by atoms with Gasteiger partial charge >= 0.3 is 12.0 Å². The van der Waals surface area contributed by atoms with Gasteiger partial charge in [0.05, 0.1) is 12.5 Å². The second kappa shape index (κ2) is 7.40. The fraction of sp³-hybridized carbons (Fsp3) is 0.786. The molecular formula is C14H23N3O4. The first-order valence-corrected chi connectivity index (χ1v) is 7.60. The highest BCUT2D eigenvalue weighted by Crippen LogP contribution is 2.17. The molecule has 0 bridgehead atoms. The maximum absolute atomic E-state index is 11.8. The lowest BCUT2D eigenvalue weighted by Gasteiger charge is -2.23. The Morgan fingerprint density at radius 1 is 1.10 bits per heavy atom. The molecule has 0 aromatic carbocycles. The van der Waals surface area contributed by atoms with Gasteiger partial charge in [-0.15, -0.1) is 0 Å². The highest BCUT2D eigenvalue weighted by atomic mass is 16.4. The van der Waals surface area contributed by atoms with E-state index in [1.807, 2.05) is 0 Å². The molecule has 2 rings (SSSR count). The third-order valence-corrected chi connectivity index (χ3v) is 4.18. The molecule has 1 aliphatic heterocycles. The van der Waals surface area contributed by atoms with Gasteiger partial charge < -0.3 is 10.4 Å². The van der Waals surface area contributed by atoms with Crippen LogP contribution in [0.5, 0.6) is 0 Å². The summed E-state index contributed by atoms with van der Waals surface area (Å²) < 4.78 is 0. The van der Waals surface area contributed by atoms with Crippen molar-refractivity contribution >= 4 is 17.9 Å². The number of carboxylic acid groups (broad SMARTS) is 1. The Balaban J connectivity index is 1.67. The van der Waals surface area contributed by atoms with Gasteiger partial charge in [0, 0.05) is 12.6 Å². The quantitative estimate of drug-likeness (QED) is 0.704. The summed E-state index contributed by atoms with van der Waals surface area (Å²) in [6.07, 6.45) is 5.92. The topological polar surface area (TPSA) is 98.7 Å². The minimum atomic E-state index is -0.826. The van der Waals surface area contributed by atoms with Crippen LogP contribution < -0.4 is 10.6 Å². The second-order valence-electron chi connectivity index (χ2n) is 5.92. The molecule has 7 nitrogen and oxygen atoms in total. The van der Waals surface area contributed by atoms with Crippen molar-refractivity contribution in [3.05, 3.63) is 0 Å². The molecule has 1 heterocycles. The molecule has 2 fully saturated rings. The molecular weight excluding hydrogens is 274 g/mol. The lowest BCUT2D eigenvalue weighted by Crippen LogP contribution is -2.47. The summed E-state index contributed by atoms with van der Waals surface area (Å²) in [5.74, 6) is -1.61. The number of nitrogens with zero attached hydrogens (tertiary/aromatic N) is 1. The molecule has 21 heavy (non-hydrogen) atoms. The fourth-order valence-corrected chi connectivity index (χ4v) is 3.02. The van der Waals surface area contributed by atoms with E-state index in [-0.39, 0.29) is 18.5 Å². The average molecular weight is 297 g/mol. The molecule has 2 aliphatic rings. The van der Waals surface area contributed by atoms with E-state index in [0.29, 0.717) is 19.5 Å². The summed E-state index contributed by atoms with van der Waals surface area (Å²) in [6.45, 7) is 1.02. The number of carbonyl (C=O) groups is 3. The van der Waals surface area contributed by atoms with Crippen molar-refractivity contribution in [1.29, 1.82) is 0 Å². The van der Waals surface area contributed by atoms with Gasteiger partial charge in [-0.3, -0.25) is 19.8 Å². The number of likely N-dealkylation sites (tertiary alicyclic amines) is 1. The van der Waals surface area contributed by atoms with Gasteiger partial charge in [0.25, 0.3) is 0 Å². The Morgan fingerprint density at radius 2 is 1.81 bits per heavy atom. The molecule has 1 atom stereocenters. The summed E-state index contributed by atoms with van der Waals surface area (Å²) in [7, 11) is 0. The maximum atomic E-state index is 11.8. The molecule has 1 unspecified atom stereocenters. The minimum Gasteiger partial charge on any atom is -0.481 e. The monoisotopic (exact) mass is 297 g/mol. The van der Waals surface area contributed by atoms with E-state index < -0.39 is 17.9 Å². The van der Waals surface area contributed by atoms with Crippen LogP contribution in [0.15, 0.2) is 0 Å². The fourth-order valence-electron chi connectivity index (χ4n) is 3.02. The SMILES string of the molecule is O=C(CN1CCC(C(=O)O)C1)NC(=O)NC1CCCCC1. The van der Waals surface area contributed by atoms with Crippen LogP contribution in [0.25, 0.3) is 0 Å². The average Bonchev–Trinajstić information content (AvgIpc) is 2.88. The van der Waals surface area contributed by atoms with Crippen LogP contribution in [0.3, 0.4) is 0 Å². The third-order valence-electron chi connectivity index (χ3n) is 4.18. The van der Waals surface area contributed by atoms with Crippen molar-refractivity contribution in [2.24, 2.45) is 5.92 Å². The molecule has 1 saturated carbocycles. The molecule has 0 spiro atoms. The first kappa shape index (κ1) is 15.8. The molecule has 3 N–H and O–H groups in total. The van der Waals surface area contributed by atoms with Crippen molar-refractivity contribution in [2.75, 3.05) is 19.6 Å². The zero-order valence-electron chi connectivity index (χ0n) is 12.1. The van der Waals surface area contributed by atoms with Crippen LogP contribution in [0, 0.1) is 5.92 Å². The first-order chi connectivity index (χ1) is 10.0. The van der Waals surface area contributed by atoms with E-state index in [9.17, 15) is 14.4 Å². The number of hydrogen-bond donors (Lipinski definition) is 3. The third kappa shape index (κ3) is 5.00. The Hall–Kier alpha value is -1.63. The van der Waals surface area contributed by atoms with Gasteiger partial charge in [-0.2, -0.15) is 0 Å². The minimum absolute atomic E-state index is 0.0713. The molecule has 0 aromatic rings. The lowest BCUT2D eigenvalue weighted by molar-refractivity contribution is -0.141. The van der Waals surface area contributed by atoms with Gasteiger partial charge in [0.15, 0.2) is 0 Å². The van der Waals surface area contributed by atoms with Gasteiger partial charge in [-0.1, -0.05) is 19.3 Å². The standard InChI is InChI=1S/C14H23N3O4/c18-12(9-17-7-6-10(8-17)13(19)20)16-14(21)15-11-4-2-1-3-5-11/h10-11H,1-9H2,(H,19,20)(H2,15,16,18,21).